The number of aromatic nitrogens is 1. The lowest BCUT2D eigenvalue weighted by atomic mass is 9.94. The van der Waals surface area contributed by atoms with Crippen LogP contribution in [0.3, 0.4) is 0 Å². The van der Waals surface area contributed by atoms with E-state index in [1.807, 2.05) is 54.6 Å². The van der Waals surface area contributed by atoms with Gasteiger partial charge in [0.15, 0.2) is 0 Å². The van der Waals surface area contributed by atoms with Crippen molar-refractivity contribution in [2.45, 2.75) is 50.7 Å². The molecule has 6 heteroatoms. The number of hydrogen-bond acceptors (Lipinski definition) is 4. The van der Waals surface area contributed by atoms with Crippen LogP contribution in [0.1, 0.15) is 59.8 Å². The third kappa shape index (κ3) is 5.63. The van der Waals surface area contributed by atoms with Crippen LogP contribution in [0.4, 0.5) is 0 Å². The van der Waals surface area contributed by atoms with Crippen molar-refractivity contribution in [3.8, 4) is 5.75 Å². The van der Waals surface area contributed by atoms with Gasteiger partial charge in [-0.05, 0) is 36.6 Å². The summed E-state index contributed by atoms with van der Waals surface area (Å²) in [5.41, 5.74) is 1.87. The Balaban J connectivity index is 1.74. The molecule has 0 aliphatic heterocycles. The number of amides is 2. The minimum Gasteiger partial charge on any atom is -0.496 e. The lowest BCUT2D eigenvalue weighted by Gasteiger charge is -2.33. The van der Waals surface area contributed by atoms with E-state index in [2.05, 4.69) is 10.3 Å². The van der Waals surface area contributed by atoms with Gasteiger partial charge >= 0.3 is 0 Å². The van der Waals surface area contributed by atoms with Crippen LogP contribution in [0, 0.1) is 0 Å². The second-order valence-electron chi connectivity index (χ2n) is 8.62. The quantitative estimate of drug-likeness (QED) is 0.521. The minimum absolute atomic E-state index is 0.130. The van der Waals surface area contributed by atoms with Crippen LogP contribution in [-0.4, -0.2) is 34.8 Å². The van der Waals surface area contributed by atoms with Crippen molar-refractivity contribution in [1.29, 1.82) is 0 Å². The zero-order valence-corrected chi connectivity index (χ0v) is 19.5. The standard InChI is InChI=1S/C28H31N3O3/c1-34-25-18-9-8-14-22(25)20-31(28(33)24-17-10-11-19-29-24)26(21-12-4-2-5-13-21)27(32)30-23-15-6-3-7-16-23/h2,4-5,8-14,17-19,23,26H,3,6-7,15-16,20H2,1H3,(H,30,32)/t26-/m0/s1. The predicted molar refractivity (Wildman–Crippen MR) is 131 cm³/mol. The van der Waals surface area contributed by atoms with Gasteiger partial charge in [-0.2, -0.15) is 0 Å². The molecule has 34 heavy (non-hydrogen) atoms. The highest BCUT2D eigenvalue weighted by Crippen LogP contribution is 2.29. The Morgan fingerprint density at radius 1 is 0.971 bits per heavy atom. The maximum atomic E-state index is 13.8. The molecule has 4 rings (SSSR count). The summed E-state index contributed by atoms with van der Waals surface area (Å²) in [6.45, 7) is 0.205. The summed E-state index contributed by atoms with van der Waals surface area (Å²) in [7, 11) is 1.61. The van der Waals surface area contributed by atoms with E-state index in [0.717, 1.165) is 36.8 Å². The molecule has 3 aromatic rings. The minimum atomic E-state index is -0.803. The predicted octanol–water partition coefficient (Wildman–Crippen LogP) is 4.92. The van der Waals surface area contributed by atoms with Crippen molar-refractivity contribution in [2.75, 3.05) is 7.11 Å². The Labute approximate surface area is 201 Å². The number of pyridine rings is 1. The first-order valence-electron chi connectivity index (χ1n) is 11.9. The van der Waals surface area contributed by atoms with E-state index in [4.69, 9.17) is 4.74 Å². The van der Waals surface area contributed by atoms with E-state index >= 15 is 0 Å². The van der Waals surface area contributed by atoms with E-state index in [9.17, 15) is 9.59 Å². The molecule has 0 bridgehead atoms. The monoisotopic (exact) mass is 457 g/mol. The number of nitrogens with one attached hydrogen (secondary N) is 1. The summed E-state index contributed by atoms with van der Waals surface area (Å²) in [5.74, 6) is 0.192. The first kappa shape index (κ1) is 23.5. The lowest BCUT2D eigenvalue weighted by Crippen LogP contribution is -2.47. The summed E-state index contributed by atoms with van der Waals surface area (Å²) in [6, 6.07) is 21.6. The molecule has 0 saturated heterocycles. The summed E-state index contributed by atoms with van der Waals surface area (Å²) in [4.78, 5) is 33.5. The van der Waals surface area contributed by atoms with Gasteiger partial charge in [-0.15, -0.1) is 0 Å². The van der Waals surface area contributed by atoms with Crippen molar-refractivity contribution in [2.24, 2.45) is 0 Å². The molecule has 1 aromatic heterocycles. The number of benzene rings is 2. The highest BCUT2D eigenvalue weighted by molar-refractivity contribution is 5.96. The van der Waals surface area contributed by atoms with Crippen molar-refractivity contribution in [3.05, 3.63) is 95.8 Å². The van der Waals surface area contributed by atoms with Gasteiger partial charge in [-0.1, -0.05) is 73.9 Å². The van der Waals surface area contributed by atoms with E-state index in [1.165, 1.54) is 6.42 Å². The second kappa shape index (κ2) is 11.5. The number of carbonyl (C=O) groups is 2. The van der Waals surface area contributed by atoms with Crippen molar-refractivity contribution < 1.29 is 14.3 Å². The molecule has 1 fully saturated rings. The Bertz CT molecular complexity index is 1080. The van der Waals surface area contributed by atoms with Gasteiger partial charge in [0.1, 0.15) is 17.5 Å². The number of ether oxygens (including phenoxy) is 1. The van der Waals surface area contributed by atoms with Crippen LogP contribution >= 0.6 is 0 Å². The molecule has 2 amide bonds. The fourth-order valence-electron chi connectivity index (χ4n) is 4.57. The fourth-order valence-corrected chi connectivity index (χ4v) is 4.57. The van der Waals surface area contributed by atoms with Gasteiger partial charge in [0.25, 0.3) is 5.91 Å². The average molecular weight is 458 g/mol. The average Bonchev–Trinajstić information content (AvgIpc) is 2.90. The van der Waals surface area contributed by atoms with Crippen LogP contribution in [0.15, 0.2) is 79.0 Å². The van der Waals surface area contributed by atoms with E-state index in [1.54, 1.807) is 36.4 Å². The van der Waals surface area contributed by atoms with Crippen LogP contribution in [0.25, 0.3) is 0 Å². The molecule has 6 nitrogen and oxygen atoms in total. The number of methoxy groups -OCH3 is 1. The highest BCUT2D eigenvalue weighted by Gasteiger charge is 2.34. The van der Waals surface area contributed by atoms with Crippen LogP contribution in [-0.2, 0) is 11.3 Å². The Morgan fingerprint density at radius 3 is 2.38 bits per heavy atom. The summed E-state index contributed by atoms with van der Waals surface area (Å²) < 4.78 is 5.54. The molecule has 0 spiro atoms. The van der Waals surface area contributed by atoms with Crippen LogP contribution in [0.2, 0.25) is 0 Å². The van der Waals surface area contributed by atoms with Crippen LogP contribution < -0.4 is 10.1 Å². The topological polar surface area (TPSA) is 71.5 Å². The molecular formula is C28H31N3O3. The van der Waals surface area contributed by atoms with Gasteiger partial charge in [0.05, 0.1) is 13.7 Å². The molecule has 0 radical (unpaired) electrons. The Kier molecular flexibility index (Phi) is 7.91. The molecule has 1 aliphatic carbocycles. The molecular weight excluding hydrogens is 426 g/mol. The summed E-state index contributed by atoms with van der Waals surface area (Å²) in [5, 5.41) is 3.23. The Hall–Kier alpha value is -3.67. The molecule has 0 unspecified atom stereocenters. The highest BCUT2D eigenvalue weighted by atomic mass is 16.5. The molecule has 1 heterocycles. The molecule has 1 aliphatic rings. The molecule has 176 valence electrons. The van der Waals surface area contributed by atoms with Gasteiger partial charge in [-0.3, -0.25) is 14.6 Å². The molecule has 1 atom stereocenters. The maximum Gasteiger partial charge on any atom is 0.273 e. The first-order chi connectivity index (χ1) is 16.7. The normalized spacial score (nSPS) is 14.7. The fraction of sp³-hybridized carbons (Fsp3) is 0.321. The third-order valence-electron chi connectivity index (χ3n) is 6.30. The van der Waals surface area contributed by atoms with Gasteiger partial charge < -0.3 is 15.0 Å². The number of hydrogen-bond donors (Lipinski definition) is 1. The number of carbonyl (C=O) groups excluding carboxylic acids is 2. The van der Waals surface area contributed by atoms with Crippen molar-refractivity contribution in [3.63, 3.8) is 0 Å². The van der Waals surface area contributed by atoms with Gasteiger partial charge in [0.2, 0.25) is 5.91 Å². The molecule has 1 N–H and O–H groups in total. The van der Waals surface area contributed by atoms with Crippen molar-refractivity contribution in [1.82, 2.24) is 15.2 Å². The number of para-hydroxylation sites is 1. The van der Waals surface area contributed by atoms with E-state index < -0.39 is 6.04 Å². The lowest BCUT2D eigenvalue weighted by molar-refractivity contribution is -0.127. The maximum absolute atomic E-state index is 13.8. The second-order valence-corrected chi connectivity index (χ2v) is 8.62. The molecule has 1 saturated carbocycles. The Morgan fingerprint density at radius 2 is 1.68 bits per heavy atom. The SMILES string of the molecule is COc1ccccc1CN(C(=O)c1ccccn1)[C@H](C(=O)NC1CCCCC1)c1ccccc1. The summed E-state index contributed by atoms with van der Waals surface area (Å²) >= 11 is 0. The zero-order valence-electron chi connectivity index (χ0n) is 19.5. The summed E-state index contributed by atoms with van der Waals surface area (Å²) in [6.07, 6.45) is 6.94. The van der Waals surface area contributed by atoms with Gasteiger partial charge in [0, 0.05) is 17.8 Å². The third-order valence-corrected chi connectivity index (χ3v) is 6.30. The largest absolute Gasteiger partial charge is 0.496 e. The first-order valence-corrected chi connectivity index (χ1v) is 11.9. The van der Waals surface area contributed by atoms with E-state index in [-0.39, 0.29) is 24.4 Å². The number of rotatable bonds is 8. The smallest absolute Gasteiger partial charge is 0.273 e. The van der Waals surface area contributed by atoms with Crippen LogP contribution in [0.5, 0.6) is 5.75 Å². The van der Waals surface area contributed by atoms with Gasteiger partial charge in [-0.25, -0.2) is 0 Å². The molecule has 2 aromatic carbocycles. The van der Waals surface area contributed by atoms with Crippen molar-refractivity contribution >= 4 is 11.8 Å². The van der Waals surface area contributed by atoms with E-state index in [0.29, 0.717) is 11.4 Å². The number of nitrogens with zero attached hydrogens (tertiary/aromatic N) is 2. The zero-order chi connectivity index (χ0) is 23.8.